The first kappa shape index (κ1) is 7.03. The third-order valence-corrected chi connectivity index (χ3v) is 1.99. The normalized spacial score (nSPS) is 30.7. The summed E-state index contributed by atoms with van der Waals surface area (Å²) in [4.78, 5) is 2.38. The lowest BCUT2D eigenvalue weighted by atomic mass is 10.2. The monoisotopic (exact) mass is 128 g/mol. The van der Waals surface area contributed by atoms with E-state index >= 15 is 0 Å². The first-order valence-electron chi connectivity index (χ1n) is 3.78. The third kappa shape index (κ3) is 1.66. The van der Waals surface area contributed by atoms with Gasteiger partial charge in [-0.05, 0) is 26.4 Å². The highest BCUT2D eigenvalue weighted by atomic mass is 15.3. The number of hydrogen-bond acceptors (Lipinski definition) is 2. The van der Waals surface area contributed by atoms with Gasteiger partial charge in [-0.3, -0.25) is 4.90 Å². The average Bonchev–Trinajstić information content (AvgIpc) is 1.89. The average molecular weight is 128 g/mol. The predicted octanol–water partition coefficient (Wildman–Crippen LogP) is 0.648. The fourth-order valence-corrected chi connectivity index (χ4v) is 1.36. The van der Waals surface area contributed by atoms with Crippen LogP contribution in [-0.2, 0) is 0 Å². The first-order chi connectivity index (χ1) is 4.34. The van der Waals surface area contributed by atoms with Crippen molar-refractivity contribution < 1.29 is 0 Å². The predicted molar refractivity (Wildman–Crippen MR) is 39.3 cm³/mol. The van der Waals surface area contributed by atoms with Gasteiger partial charge < -0.3 is 5.32 Å². The van der Waals surface area contributed by atoms with Crippen LogP contribution in [0, 0.1) is 0 Å². The van der Waals surface area contributed by atoms with E-state index in [1.165, 1.54) is 25.9 Å². The minimum atomic E-state index is 0.638. The molecule has 1 fully saturated rings. The minimum Gasteiger partial charge on any atom is -0.302 e. The standard InChI is InChI=1S/C7H16N2/c1-3-7-8-5-4-6-9(7)2/h7-8H,3-6H2,1-2H3. The van der Waals surface area contributed by atoms with Gasteiger partial charge in [0.1, 0.15) is 0 Å². The summed E-state index contributed by atoms with van der Waals surface area (Å²) in [5.41, 5.74) is 0. The van der Waals surface area contributed by atoms with Gasteiger partial charge in [-0.15, -0.1) is 0 Å². The molecule has 0 spiro atoms. The van der Waals surface area contributed by atoms with E-state index in [-0.39, 0.29) is 0 Å². The second-order valence-corrected chi connectivity index (χ2v) is 2.71. The van der Waals surface area contributed by atoms with Crippen LogP contribution < -0.4 is 5.32 Å². The molecule has 1 saturated heterocycles. The molecule has 2 heteroatoms. The Hall–Kier alpha value is -0.0800. The van der Waals surface area contributed by atoms with Crippen molar-refractivity contribution >= 4 is 0 Å². The molecule has 1 aliphatic rings. The van der Waals surface area contributed by atoms with Crippen LogP contribution in [0.5, 0.6) is 0 Å². The highest BCUT2D eigenvalue weighted by Crippen LogP contribution is 2.03. The van der Waals surface area contributed by atoms with Gasteiger partial charge in [-0.2, -0.15) is 0 Å². The maximum Gasteiger partial charge on any atom is 0.0591 e. The van der Waals surface area contributed by atoms with Gasteiger partial charge in [0.25, 0.3) is 0 Å². The van der Waals surface area contributed by atoms with Gasteiger partial charge in [0, 0.05) is 6.54 Å². The molecule has 1 unspecified atom stereocenters. The number of hydrogen-bond donors (Lipinski definition) is 1. The van der Waals surface area contributed by atoms with E-state index < -0.39 is 0 Å². The Kier molecular flexibility index (Phi) is 2.49. The van der Waals surface area contributed by atoms with Crippen LogP contribution in [0.3, 0.4) is 0 Å². The van der Waals surface area contributed by atoms with Crippen LogP contribution in [0.15, 0.2) is 0 Å². The van der Waals surface area contributed by atoms with Gasteiger partial charge in [-0.1, -0.05) is 6.92 Å². The van der Waals surface area contributed by atoms with E-state index in [4.69, 9.17) is 0 Å². The molecule has 1 rings (SSSR count). The minimum absolute atomic E-state index is 0.638. The number of nitrogens with one attached hydrogen (secondary N) is 1. The summed E-state index contributed by atoms with van der Waals surface area (Å²) in [6.45, 7) is 4.67. The van der Waals surface area contributed by atoms with Crippen molar-refractivity contribution in [2.75, 3.05) is 20.1 Å². The molecular weight excluding hydrogens is 112 g/mol. The Morgan fingerprint density at radius 1 is 1.67 bits per heavy atom. The molecule has 0 bridgehead atoms. The van der Waals surface area contributed by atoms with Crippen LogP contribution in [0.25, 0.3) is 0 Å². The fraction of sp³-hybridized carbons (Fsp3) is 1.00. The largest absolute Gasteiger partial charge is 0.302 e. The molecule has 0 aromatic heterocycles. The second-order valence-electron chi connectivity index (χ2n) is 2.71. The van der Waals surface area contributed by atoms with Crippen LogP contribution in [0.1, 0.15) is 19.8 Å². The molecule has 1 atom stereocenters. The maximum atomic E-state index is 3.44. The molecule has 0 saturated carbocycles. The molecule has 0 radical (unpaired) electrons. The Labute approximate surface area is 57.2 Å². The van der Waals surface area contributed by atoms with Crippen LogP contribution in [-0.4, -0.2) is 31.2 Å². The summed E-state index contributed by atoms with van der Waals surface area (Å²) in [5.74, 6) is 0. The zero-order valence-corrected chi connectivity index (χ0v) is 6.35. The van der Waals surface area contributed by atoms with Crippen molar-refractivity contribution in [2.24, 2.45) is 0 Å². The fourth-order valence-electron chi connectivity index (χ4n) is 1.36. The quantitative estimate of drug-likeness (QED) is 0.557. The van der Waals surface area contributed by atoms with E-state index in [9.17, 15) is 0 Å². The summed E-state index contributed by atoms with van der Waals surface area (Å²) in [7, 11) is 2.18. The summed E-state index contributed by atoms with van der Waals surface area (Å²) in [6.07, 6.45) is 3.16. The summed E-state index contributed by atoms with van der Waals surface area (Å²) in [5, 5.41) is 3.44. The highest BCUT2D eigenvalue weighted by Gasteiger charge is 2.14. The molecule has 0 aliphatic carbocycles. The van der Waals surface area contributed by atoms with Gasteiger partial charge in [0.05, 0.1) is 6.17 Å². The maximum absolute atomic E-state index is 3.44. The van der Waals surface area contributed by atoms with Crippen LogP contribution in [0.2, 0.25) is 0 Å². The molecule has 0 amide bonds. The van der Waals surface area contributed by atoms with Crippen molar-refractivity contribution in [3.05, 3.63) is 0 Å². The molecule has 1 heterocycles. The molecule has 54 valence electrons. The lowest BCUT2D eigenvalue weighted by Crippen LogP contribution is -2.48. The lowest BCUT2D eigenvalue weighted by Gasteiger charge is -2.32. The van der Waals surface area contributed by atoms with E-state index in [1.807, 2.05) is 0 Å². The van der Waals surface area contributed by atoms with Gasteiger partial charge in [0.2, 0.25) is 0 Å². The smallest absolute Gasteiger partial charge is 0.0591 e. The van der Waals surface area contributed by atoms with Gasteiger partial charge >= 0.3 is 0 Å². The molecule has 0 aromatic carbocycles. The van der Waals surface area contributed by atoms with Crippen molar-refractivity contribution in [3.8, 4) is 0 Å². The molecule has 1 N–H and O–H groups in total. The molecular formula is C7H16N2. The van der Waals surface area contributed by atoms with E-state index in [0.717, 1.165) is 0 Å². The van der Waals surface area contributed by atoms with Gasteiger partial charge in [0.15, 0.2) is 0 Å². The summed E-state index contributed by atoms with van der Waals surface area (Å²) in [6, 6.07) is 0. The topological polar surface area (TPSA) is 15.3 Å². The number of nitrogens with zero attached hydrogens (tertiary/aromatic N) is 1. The molecule has 0 aromatic rings. The zero-order chi connectivity index (χ0) is 6.69. The van der Waals surface area contributed by atoms with E-state index in [2.05, 4.69) is 24.2 Å². The summed E-state index contributed by atoms with van der Waals surface area (Å²) < 4.78 is 0. The summed E-state index contributed by atoms with van der Waals surface area (Å²) >= 11 is 0. The zero-order valence-electron chi connectivity index (χ0n) is 6.35. The third-order valence-electron chi connectivity index (χ3n) is 1.99. The molecule has 2 nitrogen and oxygen atoms in total. The Morgan fingerprint density at radius 3 is 2.89 bits per heavy atom. The van der Waals surface area contributed by atoms with Crippen molar-refractivity contribution in [2.45, 2.75) is 25.9 Å². The van der Waals surface area contributed by atoms with Crippen LogP contribution >= 0.6 is 0 Å². The second kappa shape index (κ2) is 3.18. The van der Waals surface area contributed by atoms with Crippen molar-refractivity contribution in [1.29, 1.82) is 0 Å². The van der Waals surface area contributed by atoms with Gasteiger partial charge in [-0.25, -0.2) is 0 Å². The number of rotatable bonds is 1. The molecule has 9 heavy (non-hydrogen) atoms. The van der Waals surface area contributed by atoms with E-state index in [1.54, 1.807) is 0 Å². The van der Waals surface area contributed by atoms with Crippen molar-refractivity contribution in [3.63, 3.8) is 0 Å². The first-order valence-corrected chi connectivity index (χ1v) is 3.78. The van der Waals surface area contributed by atoms with Crippen LogP contribution in [0.4, 0.5) is 0 Å². The highest BCUT2D eigenvalue weighted by molar-refractivity contribution is 4.70. The lowest BCUT2D eigenvalue weighted by molar-refractivity contribution is 0.161. The van der Waals surface area contributed by atoms with E-state index in [0.29, 0.717) is 6.17 Å². The SMILES string of the molecule is CCC1NCCCN1C. The Balaban J connectivity index is 2.30. The Bertz CT molecular complexity index is 83.0. The van der Waals surface area contributed by atoms with Crippen molar-refractivity contribution in [1.82, 2.24) is 10.2 Å². The molecule has 1 aliphatic heterocycles. The Morgan fingerprint density at radius 2 is 2.44 bits per heavy atom.